The lowest BCUT2D eigenvalue weighted by molar-refractivity contribution is -0.385. The largest absolute Gasteiger partial charge is 0.493 e. The van der Waals surface area contributed by atoms with Crippen molar-refractivity contribution in [2.24, 2.45) is 5.10 Å². The summed E-state index contributed by atoms with van der Waals surface area (Å²) in [5, 5.41) is 15.2. The number of ether oxygens (including phenoxy) is 2. The summed E-state index contributed by atoms with van der Waals surface area (Å²) < 4.78 is 10.4. The van der Waals surface area contributed by atoms with Gasteiger partial charge in [-0.2, -0.15) is 5.10 Å². The van der Waals surface area contributed by atoms with Crippen molar-refractivity contribution in [2.75, 3.05) is 19.6 Å². The average molecular weight is 301 g/mol. The zero-order valence-corrected chi connectivity index (χ0v) is 12.1. The van der Waals surface area contributed by atoms with Gasteiger partial charge in [0.25, 0.3) is 5.69 Å². The normalized spacial score (nSPS) is 10.5. The molecule has 22 heavy (non-hydrogen) atoms. The highest BCUT2D eigenvalue weighted by Crippen LogP contribution is 2.35. The number of hydrazone groups is 1. The van der Waals surface area contributed by atoms with Crippen LogP contribution in [0.25, 0.3) is 0 Å². The first-order valence-corrected chi connectivity index (χ1v) is 6.41. The smallest absolute Gasteiger partial charge is 0.282 e. The maximum Gasteiger partial charge on any atom is 0.282 e. The first-order chi connectivity index (χ1) is 10.7. The Hall–Kier alpha value is -3.09. The van der Waals surface area contributed by atoms with E-state index in [4.69, 9.17) is 9.47 Å². The van der Waals surface area contributed by atoms with Crippen LogP contribution in [0.2, 0.25) is 0 Å². The highest BCUT2D eigenvalue weighted by molar-refractivity contribution is 5.91. The van der Waals surface area contributed by atoms with Crippen molar-refractivity contribution >= 4 is 17.6 Å². The van der Waals surface area contributed by atoms with Crippen LogP contribution < -0.4 is 14.9 Å². The lowest BCUT2D eigenvalue weighted by Crippen LogP contribution is -2.01. The molecule has 0 aliphatic heterocycles. The Morgan fingerprint density at radius 1 is 1.14 bits per heavy atom. The molecule has 0 saturated carbocycles. The fourth-order valence-corrected chi connectivity index (χ4v) is 1.91. The molecule has 0 fully saturated rings. The summed E-state index contributed by atoms with van der Waals surface area (Å²) in [5.41, 5.74) is 3.68. The molecule has 2 aromatic rings. The molecular weight excluding hydrogens is 286 g/mol. The molecule has 0 heterocycles. The quantitative estimate of drug-likeness (QED) is 0.503. The zero-order chi connectivity index (χ0) is 15.9. The zero-order valence-electron chi connectivity index (χ0n) is 12.1. The minimum atomic E-state index is -0.494. The van der Waals surface area contributed by atoms with Crippen molar-refractivity contribution in [3.63, 3.8) is 0 Å². The summed E-state index contributed by atoms with van der Waals surface area (Å²) in [4.78, 5) is 10.7. The first kappa shape index (κ1) is 15.3. The van der Waals surface area contributed by atoms with Crippen molar-refractivity contribution < 1.29 is 14.4 Å². The molecule has 0 aliphatic rings. The Bertz CT molecular complexity index is 687. The molecule has 2 rings (SSSR count). The Morgan fingerprint density at radius 2 is 1.86 bits per heavy atom. The molecule has 0 spiro atoms. The van der Waals surface area contributed by atoms with E-state index < -0.39 is 4.92 Å². The highest BCUT2D eigenvalue weighted by atomic mass is 16.6. The second-order valence-corrected chi connectivity index (χ2v) is 4.23. The standard InChI is InChI=1S/C15H15N3O4/c1-21-14-9-8-13(18(19)20)12(15(14)22-2)10-16-17-11-6-4-3-5-7-11/h3-10,17H,1-2H3. The number of nitrogens with one attached hydrogen (secondary N) is 1. The van der Waals surface area contributed by atoms with Crippen LogP contribution in [-0.4, -0.2) is 25.4 Å². The molecule has 0 radical (unpaired) electrons. The summed E-state index contributed by atoms with van der Waals surface area (Å²) in [7, 11) is 2.89. The number of benzene rings is 2. The van der Waals surface area contributed by atoms with Crippen LogP contribution in [0, 0.1) is 10.1 Å². The fraction of sp³-hybridized carbons (Fsp3) is 0.133. The molecule has 7 heteroatoms. The minimum absolute atomic E-state index is 0.115. The van der Waals surface area contributed by atoms with E-state index >= 15 is 0 Å². The van der Waals surface area contributed by atoms with E-state index in [1.165, 1.54) is 32.6 Å². The summed E-state index contributed by atoms with van der Waals surface area (Å²) in [6.45, 7) is 0. The Balaban J connectivity index is 2.37. The van der Waals surface area contributed by atoms with Crippen molar-refractivity contribution in [2.45, 2.75) is 0 Å². The van der Waals surface area contributed by atoms with Crippen molar-refractivity contribution in [1.82, 2.24) is 0 Å². The van der Waals surface area contributed by atoms with Gasteiger partial charge in [-0.1, -0.05) is 18.2 Å². The number of rotatable bonds is 6. The number of nitro benzene ring substituents is 1. The van der Waals surface area contributed by atoms with Gasteiger partial charge in [0.1, 0.15) is 5.56 Å². The molecule has 0 atom stereocenters. The third-order valence-electron chi connectivity index (χ3n) is 2.92. The van der Waals surface area contributed by atoms with Crippen molar-refractivity contribution in [3.8, 4) is 11.5 Å². The van der Waals surface area contributed by atoms with Gasteiger partial charge in [-0.15, -0.1) is 0 Å². The Labute approximate surface area is 127 Å². The lowest BCUT2D eigenvalue weighted by Gasteiger charge is -2.10. The summed E-state index contributed by atoms with van der Waals surface area (Å²) in [6, 6.07) is 12.1. The van der Waals surface area contributed by atoms with Gasteiger partial charge < -0.3 is 9.47 Å². The second kappa shape index (κ2) is 7.07. The Morgan fingerprint density at radius 3 is 2.45 bits per heavy atom. The fourth-order valence-electron chi connectivity index (χ4n) is 1.91. The van der Waals surface area contributed by atoms with E-state index in [2.05, 4.69) is 10.5 Å². The SMILES string of the molecule is COc1ccc([N+](=O)[O-])c(C=NNc2ccccc2)c1OC. The molecule has 0 amide bonds. The van der Waals surface area contributed by atoms with Crippen molar-refractivity contribution in [3.05, 3.63) is 58.1 Å². The van der Waals surface area contributed by atoms with Crippen LogP contribution in [-0.2, 0) is 0 Å². The molecule has 1 N–H and O–H groups in total. The summed E-state index contributed by atoms with van der Waals surface area (Å²) >= 11 is 0. The predicted octanol–water partition coefficient (Wildman–Crippen LogP) is 3.06. The molecular formula is C15H15N3O4. The number of nitro groups is 1. The molecule has 114 valence electrons. The lowest BCUT2D eigenvalue weighted by atomic mass is 10.1. The number of para-hydroxylation sites is 1. The van der Waals surface area contributed by atoms with Gasteiger partial charge in [-0.3, -0.25) is 15.5 Å². The molecule has 0 bridgehead atoms. The monoisotopic (exact) mass is 301 g/mol. The van der Waals surface area contributed by atoms with Crippen LogP contribution in [0.1, 0.15) is 5.56 Å². The van der Waals surface area contributed by atoms with E-state index in [-0.39, 0.29) is 17.0 Å². The molecule has 0 saturated heterocycles. The molecule has 0 unspecified atom stereocenters. The van der Waals surface area contributed by atoms with Crippen LogP contribution in [0.3, 0.4) is 0 Å². The number of hydrogen-bond donors (Lipinski definition) is 1. The molecule has 0 aliphatic carbocycles. The molecule has 2 aromatic carbocycles. The van der Waals surface area contributed by atoms with Gasteiger partial charge in [0.05, 0.1) is 31.0 Å². The first-order valence-electron chi connectivity index (χ1n) is 6.41. The van der Waals surface area contributed by atoms with Gasteiger partial charge in [0.2, 0.25) is 0 Å². The topological polar surface area (TPSA) is 86.0 Å². The number of methoxy groups -OCH3 is 2. The van der Waals surface area contributed by atoms with Crippen LogP contribution in [0.5, 0.6) is 11.5 Å². The van der Waals surface area contributed by atoms with E-state index in [9.17, 15) is 10.1 Å². The van der Waals surface area contributed by atoms with Gasteiger partial charge in [0, 0.05) is 6.07 Å². The highest BCUT2D eigenvalue weighted by Gasteiger charge is 2.21. The third kappa shape index (κ3) is 3.32. The van der Waals surface area contributed by atoms with Gasteiger partial charge in [-0.25, -0.2) is 0 Å². The maximum atomic E-state index is 11.1. The summed E-state index contributed by atoms with van der Waals surface area (Å²) in [6.07, 6.45) is 1.34. The van der Waals surface area contributed by atoms with Crippen LogP contribution in [0.15, 0.2) is 47.6 Å². The number of nitrogens with zero attached hydrogens (tertiary/aromatic N) is 2. The predicted molar refractivity (Wildman–Crippen MR) is 83.9 cm³/mol. The Kier molecular flexibility index (Phi) is 4.92. The molecule has 7 nitrogen and oxygen atoms in total. The summed E-state index contributed by atoms with van der Waals surface area (Å²) in [5.74, 6) is 0.657. The minimum Gasteiger partial charge on any atom is -0.493 e. The number of hydrogen-bond acceptors (Lipinski definition) is 6. The number of anilines is 1. The average Bonchev–Trinajstić information content (AvgIpc) is 2.54. The van der Waals surface area contributed by atoms with E-state index in [0.29, 0.717) is 5.75 Å². The van der Waals surface area contributed by atoms with Gasteiger partial charge in [-0.05, 0) is 18.2 Å². The van der Waals surface area contributed by atoms with E-state index in [1.54, 1.807) is 0 Å². The van der Waals surface area contributed by atoms with E-state index in [1.807, 2.05) is 30.3 Å². The molecule has 0 aromatic heterocycles. The van der Waals surface area contributed by atoms with Crippen molar-refractivity contribution in [1.29, 1.82) is 0 Å². The van der Waals surface area contributed by atoms with Crippen LogP contribution >= 0.6 is 0 Å². The van der Waals surface area contributed by atoms with E-state index in [0.717, 1.165) is 5.69 Å². The maximum absolute atomic E-state index is 11.1. The second-order valence-electron chi connectivity index (χ2n) is 4.23. The third-order valence-corrected chi connectivity index (χ3v) is 2.92. The van der Waals surface area contributed by atoms with Crippen LogP contribution in [0.4, 0.5) is 11.4 Å². The van der Waals surface area contributed by atoms with Gasteiger partial charge >= 0.3 is 0 Å². The van der Waals surface area contributed by atoms with Gasteiger partial charge in [0.15, 0.2) is 11.5 Å².